The number of nitrogens with two attached hydrogens (primary N) is 1. The van der Waals surface area contributed by atoms with E-state index in [1.807, 2.05) is 11.8 Å². The van der Waals surface area contributed by atoms with Gasteiger partial charge in [0.15, 0.2) is 0 Å². The van der Waals surface area contributed by atoms with Crippen molar-refractivity contribution < 1.29 is 0 Å². The first kappa shape index (κ1) is 16.6. The van der Waals surface area contributed by atoms with Gasteiger partial charge >= 0.3 is 0 Å². The van der Waals surface area contributed by atoms with Crippen molar-refractivity contribution in [2.45, 2.75) is 44.4 Å². The van der Waals surface area contributed by atoms with E-state index >= 15 is 0 Å². The molecule has 2 nitrogen and oxygen atoms in total. The predicted molar refractivity (Wildman–Crippen MR) is 98.6 cm³/mol. The van der Waals surface area contributed by atoms with Gasteiger partial charge in [0.25, 0.3) is 0 Å². The molecule has 4 heteroatoms. The van der Waals surface area contributed by atoms with E-state index in [0.29, 0.717) is 4.99 Å². The molecular weight excluding hydrogens is 296 g/mol. The van der Waals surface area contributed by atoms with Crippen LogP contribution in [0, 0.1) is 5.92 Å². The number of hydrogen-bond donors (Lipinski definition) is 1. The minimum atomic E-state index is 0.525. The maximum Gasteiger partial charge on any atom is 0.107 e. The summed E-state index contributed by atoms with van der Waals surface area (Å²) < 4.78 is 0. The van der Waals surface area contributed by atoms with Crippen molar-refractivity contribution in [3.05, 3.63) is 23.8 Å². The highest BCUT2D eigenvalue weighted by Gasteiger charge is 2.22. The normalized spacial score (nSPS) is 16.2. The molecule has 1 aliphatic heterocycles. The molecule has 1 aliphatic rings. The second-order valence-electron chi connectivity index (χ2n) is 5.67. The average molecular weight is 323 g/mol. The van der Waals surface area contributed by atoms with Crippen LogP contribution in [-0.2, 0) is 0 Å². The number of thiocarbonyl (C=S) groups is 1. The molecule has 21 heavy (non-hydrogen) atoms. The second kappa shape index (κ2) is 8.04. The summed E-state index contributed by atoms with van der Waals surface area (Å²) in [5, 5.41) is 0. The van der Waals surface area contributed by atoms with E-state index < -0.39 is 0 Å². The van der Waals surface area contributed by atoms with Crippen LogP contribution in [0.25, 0.3) is 0 Å². The zero-order valence-corrected chi connectivity index (χ0v) is 14.7. The third kappa shape index (κ3) is 4.13. The molecule has 116 valence electrons. The van der Waals surface area contributed by atoms with Crippen LogP contribution in [0.2, 0.25) is 0 Å². The maximum atomic E-state index is 6.02. The molecular formula is C17H26N2S2. The monoisotopic (exact) mass is 322 g/mol. The fourth-order valence-electron chi connectivity index (χ4n) is 3.18. The van der Waals surface area contributed by atoms with Gasteiger partial charge in [0.2, 0.25) is 0 Å². The van der Waals surface area contributed by atoms with E-state index in [9.17, 15) is 0 Å². The number of nitrogens with zero attached hydrogens (tertiary/aromatic N) is 1. The van der Waals surface area contributed by atoms with Crippen molar-refractivity contribution >= 4 is 34.7 Å². The molecule has 2 N–H and O–H groups in total. The highest BCUT2D eigenvalue weighted by Crippen LogP contribution is 2.33. The van der Waals surface area contributed by atoms with Crippen LogP contribution in [-0.4, -0.2) is 23.8 Å². The van der Waals surface area contributed by atoms with Crippen LogP contribution < -0.4 is 10.6 Å². The lowest BCUT2D eigenvalue weighted by molar-refractivity contribution is 0.378. The van der Waals surface area contributed by atoms with Gasteiger partial charge in [0.1, 0.15) is 4.99 Å². The maximum absolute atomic E-state index is 6.02. The lowest BCUT2D eigenvalue weighted by Crippen LogP contribution is -2.35. The molecule has 0 radical (unpaired) electrons. The van der Waals surface area contributed by atoms with Gasteiger partial charge in [-0.1, -0.05) is 45.0 Å². The van der Waals surface area contributed by atoms with E-state index in [4.69, 9.17) is 18.0 Å². The number of thioether (sulfide) groups is 1. The summed E-state index contributed by atoms with van der Waals surface area (Å²) in [5.74, 6) is 1.94. The number of piperidine rings is 1. The molecule has 1 heterocycles. The standard InChI is InChI=1S/C17H26N2S2/c1-3-6-13-9-11-19(12-10-13)14-7-5-8-15(21-4-2)16(14)17(18)20/h5,7-8,13H,3-4,6,9-12H2,1-2H3,(H2,18,20). The third-order valence-corrected chi connectivity index (χ3v) is 5.35. The molecule has 1 saturated heterocycles. The third-order valence-electron chi connectivity index (χ3n) is 4.20. The van der Waals surface area contributed by atoms with Crippen molar-refractivity contribution in [3.63, 3.8) is 0 Å². The molecule has 1 aromatic carbocycles. The Morgan fingerprint density at radius 1 is 1.33 bits per heavy atom. The summed E-state index contributed by atoms with van der Waals surface area (Å²) >= 11 is 7.15. The van der Waals surface area contributed by atoms with Crippen LogP contribution in [0.3, 0.4) is 0 Å². The van der Waals surface area contributed by atoms with E-state index in [1.165, 1.54) is 36.3 Å². The fraction of sp³-hybridized carbons (Fsp3) is 0.588. The van der Waals surface area contributed by atoms with Crippen molar-refractivity contribution in [3.8, 4) is 0 Å². The molecule has 0 unspecified atom stereocenters. The number of hydrogen-bond acceptors (Lipinski definition) is 3. The Morgan fingerprint density at radius 2 is 2.05 bits per heavy atom. The topological polar surface area (TPSA) is 29.3 Å². The van der Waals surface area contributed by atoms with Gasteiger partial charge in [-0.05, 0) is 36.6 Å². The Balaban J connectivity index is 2.20. The first-order valence-corrected chi connectivity index (χ1v) is 9.37. The van der Waals surface area contributed by atoms with Gasteiger partial charge in [-0.15, -0.1) is 11.8 Å². The number of benzene rings is 1. The molecule has 0 aliphatic carbocycles. The smallest absolute Gasteiger partial charge is 0.107 e. The molecule has 0 amide bonds. The Morgan fingerprint density at radius 3 is 2.62 bits per heavy atom. The average Bonchev–Trinajstić information content (AvgIpc) is 2.48. The van der Waals surface area contributed by atoms with Crippen molar-refractivity contribution in [2.24, 2.45) is 11.7 Å². The van der Waals surface area contributed by atoms with Crippen molar-refractivity contribution in [2.75, 3.05) is 23.7 Å². The first-order chi connectivity index (χ1) is 10.2. The summed E-state index contributed by atoms with van der Waals surface area (Å²) in [6.45, 7) is 6.70. The van der Waals surface area contributed by atoms with Gasteiger partial charge < -0.3 is 10.6 Å². The molecule has 0 atom stereocenters. The highest BCUT2D eigenvalue weighted by atomic mass is 32.2. The predicted octanol–water partition coefficient (Wildman–Crippen LogP) is 4.45. The molecule has 0 saturated carbocycles. The van der Waals surface area contributed by atoms with Crippen LogP contribution in [0.15, 0.2) is 23.1 Å². The molecule has 1 fully saturated rings. The molecule has 0 aromatic heterocycles. The summed E-state index contributed by atoms with van der Waals surface area (Å²) in [6.07, 6.45) is 5.23. The molecule has 2 rings (SSSR count). The van der Waals surface area contributed by atoms with Crippen molar-refractivity contribution in [1.82, 2.24) is 0 Å². The summed E-state index contributed by atoms with van der Waals surface area (Å²) in [7, 11) is 0. The van der Waals surface area contributed by atoms with Crippen LogP contribution in [0.4, 0.5) is 5.69 Å². The summed E-state index contributed by atoms with van der Waals surface area (Å²) in [6, 6.07) is 6.44. The minimum absolute atomic E-state index is 0.525. The zero-order valence-electron chi connectivity index (χ0n) is 13.1. The number of rotatable bonds is 6. The molecule has 1 aromatic rings. The Bertz CT molecular complexity index is 480. The summed E-state index contributed by atoms with van der Waals surface area (Å²) in [4.78, 5) is 4.22. The van der Waals surface area contributed by atoms with Crippen LogP contribution in [0.5, 0.6) is 0 Å². The van der Waals surface area contributed by atoms with Crippen LogP contribution >= 0.6 is 24.0 Å². The van der Waals surface area contributed by atoms with Crippen LogP contribution in [0.1, 0.15) is 45.1 Å². The second-order valence-corrected chi connectivity index (χ2v) is 7.41. The van der Waals surface area contributed by atoms with Gasteiger partial charge in [-0.3, -0.25) is 0 Å². The largest absolute Gasteiger partial charge is 0.389 e. The minimum Gasteiger partial charge on any atom is -0.389 e. The lowest BCUT2D eigenvalue weighted by atomic mass is 9.92. The zero-order chi connectivity index (χ0) is 15.2. The quantitative estimate of drug-likeness (QED) is 0.619. The van der Waals surface area contributed by atoms with Gasteiger partial charge in [0.05, 0.1) is 0 Å². The Kier molecular flexibility index (Phi) is 6.37. The Hall–Kier alpha value is -0.740. The van der Waals surface area contributed by atoms with Gasteiger partial charge in [-0.2, -0.15) is 0 Å². The lowest BCUT2D eigenvalue weighted by Gasteiger charge is -2.35. The molecule has 0 bridgehead atoms. The van der Waals surface area contributed by atoms with E-state index in [-0.39, 0.29) is 0 Å². The number of anilines is 1. The van der Waals surface area contributed by atoms with Crippen molar-refractivity contribution in [1.29, 1.82) is 0 Å². The summed E-state index contributed by atoms with van der Waals surface area (Å²) in [5.41, 5.74) is 8.33. The van der Waals surface area contributed by atoms with Gasteiger partial charge in [0, 0.05) is 29.2 Å². The first-order valence-electron chi connectivity index (χ1n) is 7.97. The highest BCUT2D eigenvalue weighted by molar-refractivity contribution is 7.99. The van der Waals surface area contributed by atoms with E-state index in [0.717, 1.165) is 30.3 Å². The van der Waals surface area contributed by atoms with Gasteiger partial charge in [-0.25, -0.2) is 0 Å². The Labute approximate surface area is 138 Å². The fourth-order valence-corrected chi connectivity index (χ4v) is 4.30. The van der Waals surface area contributed by atoms with E-state index in [1.54, 1.807) is 0 Å². The van der Waals surface area contributed by atoms with E-state index in [2.05, 4.69) is 36.9 Å². The molecule has 0 spiro atoms. The SMILES string of the molecule is CCCC1CCN(c2cccc(SCC)c2C(N)=S)CC1.